The fourth-order valence-electron chi connectivity index (χ4n) is 2.20. The highest BCUT2D eigenvalue weighted by molar-refractivity contribution is 5.96. The number of para-hydroxylation sites is 1. The molecule has 0 aliphatic carbocycles. The van der Waals surface area contributed by atoms with Gasteiger partial charge in [-0.1, -0.05) is 18.2 Å². The van der Waals surface area contributed by atoms with Crippen molar-refractivity contribution in [1.82, 2.24) is 15.1 Å². The van der Waals surface area contributed by atoms with E-state index in [1.165, 1.54) is 4.90 Å². The summed E-state index contributed by atoms with van der Waals surface area (Å²) >= 11 is 0. The van der Waals surface area contributed by atoms with Crippen molar-refractivity contribution in [2.45, 2.75) is 26.8 Å². The summed E-state index contributed by atoms with van der Waals surface area (Å²) in [5, 5.41) is 5.43. The van der Waals surface area contributed by atoms with E-state index in [0.717, 1.165) is 16.8 Å². The number of nitrogens with one attached hydrogen (secondary N) is 2. The Bertz CT molecular complexity index is 623. The highest BCUT2D eigenvalue weighted by Crippen LogP contribution is 2.18. The lowest BCUT2D eigenvalue weighted by atomic mass is 10.1. The summed E-state index contributed by atoms with van der Waals surface area (Å²) in [6.45, 7) is 5.55. The molecule has 0 fully saturated rings. The summed E-state index contributed by atoms with van der Waals surface area (Å²) in [6.07, 6.45) is 0. The first-order valence-electron chi connectivity index (χ1n) is 8.17. The summed E-state index contributed by atoms with van der Waals surface area (Å²) in [5.41, 5.74) is 2.70. The zero-order chi connectivity index (χ0) is 19.1. The number of carbonyl (C=O) groups is 3. The van der Waals surface area contributed by atoms with E-state index < -0.39 is 6.04 Å². The maximum Gasteiger partial charge on any atom is 0.243 e. The maximum atomic E-state index is 12.2. The van der Waals surface area contributed by atoms with Crippen molar-refractivity contribution >= 4 is 23.4 Å². The molecule has 0 unspecified atom stereocenters. The van der Waals surface area contributed by atoms with Crippen molar-refractivity contribution in [1.29, 1.82) is 0 Å². The van der Waals surface area contributed by atoms with E-state index in [1.54, 1.807) is 33.0 Å². The number of hydrogen-bond acceptors (Lipinski definition) is 4. The molecule has 1 aromatic carbocycles. The number of likely N-dealkylation sites (N-methyl/N-ethyl adjacent to an activating group) is 2. The molecule has 7 nitrogen and oxygen atoms in total. The van der Waals surface area contributed by atoms with Crippen molar-refractivity contribution in [3.63, 3.8) is 0 Å². The molecule has 0 radical (unpaired) electrons. The monoisotopic (exact) mass is 348 g/mol. The van der Waals surface area contributed by atoms with Gasteiger partial charge < -0.3 is 15.5 Å². The molecule has 0 spiro atoms. The van der Waals surface area contributed by atoms with E-state index in [4.69, 9.17) is 0 Å². The van der Waals surface area contributed by atoms with Crippen LogP contribution in [0.4, 0.5) is 5.69 Å². The molecular weight excluding hydrogens is 320 g/mol. The van der Waals surface area contributed by atoms with Gasteiger partial charge in [-0.2, -0.15) is 0 Å². The minimum Gasteiger partial charge on any atom is -0.348 e. The number of hydrogen-bond donors (Lipinski definition) is 2. The van der Waals surface area contributed by atoms with Gasteiger partial charge in [0, 0.05) is 19.8 Å². The van der Waals surface area contributed by atoms with Crippen molar-refractivity contribution < 1.29 is 14.4 Å². The standard InChI is InChI=1S/C18H28N4O3/c1-12-8-7-9-13(2)17(12)20-15(23)10-19-18(25)14(3)22(6)11-16(24)21(4)5/h7-9,14H,10-11H2,1-6H3,(H,19,25)(H,20,23)/t14-/m1/s1. The second-order valence-electron chi connectivity index (χ2n) is 6.41. The Balaban J connectivity index is 2.52. The van der Waals surface area contributed by atoms with Crippen molar-refractivity contribution in [3.05, 3.63) is 29.3 Å². The highest BCUT2D eigenvalue weighted by Gasteiger charge is 2.21. The van der Waals surface area contributed by atoms with Gasteiger partial charge in [0.2, 0.25) is 17.7 Å². The number of carbonyl (C=O) groups excluding carboxylic acids is 3. The lowest BCUT2D eigenvalue weighted by molar-refractivity contribution is -0.132. The smallest absolute Gasteiger partial charge is 0.243 e. The van der Waals surface area contributed by atoms with Crippen molar-refractivity contribution in [3.8, 4) is 0 Å². The van der Waals surface area contributed by atoms with Crippen LogP contribution in [0.3, 0.4) is 0 Å². The van der Waals surface area contributed by atoms with Gasteiger partial charge in [0.05, 0.1) is 19.1 Å². The number of anilines is 1. The number of nitrogens with zero attached hydrogens (tertiary/aromatic N) is 2. The lowest BCUT2D eigenvalue weighted by Gasteiger charge is -2.24. The Kier molecular flexibility index (Phi) is 7.57. The first kappa shape index (κ1) is 20.6. The normalized spacial score (nSPS) is 11.8. The molecule has 0 aromatic heterocycles. The van der Waals surface area contributed by atoms with Gasteiger partial charge in [-0.3, -0.25) is 19.3 Å². The maximum absolute atomic E-state index is 12.2. The van der Waals surface area contributed by atoms with Gasteiger partial charge >= 0.3 is 0 Å². The molecule has 3 amide bonds. The molecule has 1 aromatic rings. The van der Waals surface area contributed by atoms with E-state index in [-0.39, 0.29) is 30.8 Å². The van der Waals surface area contributed by atoms with Crippen LogP contribution in [0.5, 0.6) is 0 Å². The van der Waals surface area contributed by atoms with Gasteiger partial charge in [0.25, 0.3) is 0 Å². The third kappa shape index (κ3) is 6.19. The summed E-state index contributed by atoms with van der Waals surface area (Å²) in [4.78, 5) is 39.1. The van der Waals surface area contributed by atoms with E-state index in [0.29, 0.717) is 0 Å². The van der Waals surface area contributed by atoms with Gasteiger partial charge in [-0.15, -0.1) is 0 Å². The van der Waals surface area contributed by atoms with Crippen LogP contribution in [0.25, 0.3) is 0 Å². The number of amides is 3. The van der Waals surface area contributed by atoms with Crippen molar-refractivity contribution in [2.75, 3.05) is 39.5 Å². The SMILES string of the molecule is Cc1cccc(C)c1NC(=O)CNC(=O)[C@@H](C)N(C)CC(=O)N(C)C. The van der Waals surface area contributed by atoms with Gasteiger partial charge in [0.15, 0.2) is 0 Å². The van der Waals surface area contributed by atoms with Crippen LogP contribution >= 0.6 is 0 Å². The van der Waals surface area contributed by atoms with Gasteiger partial charge in [0.1, 0.15) is 0 Å². The molecule has 0 heterocycles. The molecule has 0 aliphatic rings. The second kappa shape index (κ2) is 9.17. The van der Waals surface area contributed by atoms with Crippen LogP contribution in [-0.2, 0) is 14.4 Å². The molecule has 7 heteroatoms. The molecule has 138 valence electrons. The lowest BCUT2D eigenvalue weighted by Crippen LogP contribution is -2.48. The summed E-state index contributed by atoms with van der Waals surface area (Å²) in [5.74, 6) is -0.675. The summed E-state index contributed by atoms with van der Waals surface area (Å²) in [6, 6.07) is 5.24. The first-order valence-corrected chi connectivity index (χ1v) is 8.17. The predicted molar refractivity (Wildman–Crippen MR) is 98.3 cm³/mol. The van der Waals surface area contributed by atoms with Crippen LogP contribution in [-0.4, -0.2) is 67.8 Å². The molecular formula is C18H28N4O3. The Morgan fingerprint density at radius 3 is 2.16 bits per heavy atom. The topological polar surface area (TPSA) is 81.8 Å². The van der Waals surface area contributed by atoms with Crippen LogP contribution in [0, 0.1) is 13.8 Å². The van der Waals surface area contributed by atoms with E-state index >= 15 is 0 Å². The number of benzene rings is 1. The van der Waals surface area contributed by atoms with Crippen LogP contribution in [0.15, 0.2) is 18.2 Å². The molecule has 25 heavy (non-hydrogen) atoms. The Morgan fingerprint density at radius 1 is 1.08 bits per heavy atom. The average molecular weight is 348 g/mol. The molecule has 1 rings (SSSR count). The minimum absolute atomic E-state index is 0.0880. The largest absolute Gasteiger partial charge is 0.348 e. The Hall–Kier alpha value is -2.41. The summed E-state index contributed by atoms with van der Waals surface area (Å²) in [7, 11) is 5.03. The Morgan fingerprint density at radius 2 is 1.64 bits per heavy atom. The molecule has 0 saturated carbocycles. The fourth-order valence-corrected chi connectivity index (χ4v) is 2.20. The number of rotatable bonds is 7. The third-order valence-electron chi connectivity index (χ3n) is 4.09. The van der Waals surface area contributed by atoms with E-state index in [2.05, 4.69) is 10.6 Å². The molecule has 2 N–H and O–H groups in total. The van der Waals surface area contributed by atoms with Crippen molar-refractivity contribution in [2.24, 2.45) is 0 Å². The van der Waals surface area contributed by atoms with Crippen LogP contribution in [0.2, 0.25) is 0 Å². The zero-order valence-corrected chi connectivity index (χ0v) is 15.8. The fraction of sp³-hybridized carbons (Fsp3) is 0.500. The Labute approximate surface area is 149 Å². The third-order valence-corrected chi connectivity index (χ3v) is 4.09. The zero-order valence-electron chi connectivity index (χ0n) is 15.8. The van der Waals surface area contributed by atoms with E-state index in [1.807, 2.05) is 32.0 Å². The van der Waals surface area contributed by atoms with Gasteiger partial charge in [-0.25, -0.2) is 0 Å². The minimum atomic E-state index is -0.517. The first-order chi connectivity index (χ1) is 11.6. The van der Waals surface area contributed by atoms with Crippen LogP contribution < -0.4 is 10.6 Å². The second-order valence-corrected chi connectivity index (χ2v) is 6.41. The average Bonchev–Trinajstić information content (AvgIpc) is 2.55. The molecule has 0 bridgehead atoms. The quantitative estimate of drug-likeness (QED) is 0.762. The molecule has 0 aliphatic heterocycles. The van der Waals surface area contributed by atoms with Crippen LogP contribution in [0.1, 0.15) is 18.1 Å². The predicted octanol–water partition coefficient (Wildman–Crippen LogP) is 0.767. The highest BCUT2D eigenvalue weighted by atomic mass is 16.2. The van der Waals surface area contributed by atoms with Gasteiger partial charge in [-0.05, 0) is 38.9 Å². The van der Waals surface area contributed by atoms with E-state index in [9.17, 15) is 14.4 Å². The number of aryl methyl sites for hydroxylation is 2. The summed E-state index contributed by atoms with van der Waals surface area (Å²) < 4.78 is 0. The molecule has 0 saturated heterocycles. The molecule has 1 atom stereocenters.